The molecule has 0 saturated heterocycles. The van der Waals surface area contributed by atoms with Crippen molar-refractivity contribution in [2.45, 2.75) is 33.2 Å². The molecule has 0 aliphatic heterocycles. The van der Waals surface area contributed by atoms with Gasteiger partial charge in [-0.25, -0.2) is 0 Å². The molecule has 0 aliphatic rings. The van der Waals surface area contributed by atoms with Gasteiger partial charge in [-0.2, -0.15) is 0 Å². The van der Waals surface area contributed by atoms with Gasteiger partial charge in [-0.15, -0.1) is 11.3 Å². The summed E-state index contributed by atoms with van der Waals surface area (Å²) in [5.41, 5.74) is 5.65. The number of carbonyl (C=O) groups is 1. The van der Waals surface area contributed by atoms with Crippen LogP contribution in [0.15, 0.2) is 60.0 Å². The number of nitrogens with one attached hydrogen (secondary N) is 2. The predicted octanol–water partition coefficient (Wildman–Crippen LogP) is 5.25. The van der Waals surface area contributed by atoms with E-state index < -0.39 is 0 Å². The second-order valence-electron chi connectivity index (χ2n) is 6.72. The van der Waals surface area contributed by atoms with Crippen LogP contribution in [0.4, 0.5) is 5.69 Å². The molecule has 3 aromatic rings. The summed E-state index contributed by atoms with van der Waals surface area (Å²) >= 11 is 1.70. The Balaban J connectivity index is 1.71. The van der Waals surface area contributed by atoms with Crippen molar-refractivity contribution in [2.75, 3.05) is 11.9 Å². The van der Waals surface area contributed by atoms with Crippen molar-refractivity contribution in [1.82, 2.24) is 5.32 Å². The fourth-order valence-electron chi connectivity index (χ4n) is 3.06. The highest BCUT2D eigenvalue weighted by Gasteiger charge is 2.16. The highest BCUT2D eigenvalue weighted by atomic mass is 32.1. The Morgan fingerprint density at radius 1 is 1.04 bits per heavy atom. The number of carbonyl (C=O) groups excluding carboxylic acids is 1. The van der Waals surface area contributed by atoms with Crippen LogP contribution in [0.2, 0.25) is 0 Å². The lowest BCUT2D eigenvalue weighted by atomic mass is 10.0. The summed E-state index contributed by atoms with van der Waals surface area (Å²) in [6, 6.07) is 18.8. The van der Waals surface area contributed by atoms with Crippen molar-refractivity contribution in [1.29, 1.82) is 0 Å². The maximum absolute atomic E-state index is 12.5. The number of benzene rings is 2. The van der Waals surface area contributed by atoms with Crippen LogP contribution in [0.1, 0.15) is 40.1 Å². The third kappa shape index (κ3) is 4.85. The third-order valence-corrected chi connectivity index (χ3v) is 5.83. The van der Waals surface area contributed by atoms with Crippen LogP contribution in [0.25, 0.3) is 0 Å². The van der Waals surface area contributed by atoms with Gasteiger partial charge in [0.05, 0.1) is 12.6 Å². The molecule has 1 amide bonds. The first-order valence-electron chi connectivity index (χ1n) is 9.30. The fourth-order valence-corrected chi connectivity index (χ4v) is 3.89. The molecule has 27 heavy (non-hydrogen) atoms. The zero-order chi connectivity index (χ0) is 19.2. The van der Waals surface area contributed by atoms with E-state index in [2.05, 4.69) is 66.3 Å². The monoisotopic (exact) mass is 378 g/mol. The fraction of sp³-hybridized carbons (Fsp3) is 0.261. The average molecular weight is 379 g/mol. The van der Waals surface area contributed by atoms with Crippen LogP contribution in [0, 0.1) is 13.8 Å². The quantitative estimate of drug-likeness (QED) is 0.590. The number of hydrogen-bond donors (Lipinski definition) is 2. The van der Waals surface area contributed by atoms with Crippen molar-refractivity contribution in [3.05, 3.63) is 87.1 Å². The Kier molecular flexibility index (Phi) is 6.43. The summed E-state index contributed by atoms with van der Waals surface area (Å²) < 4.78 is 0. The van der Waals surface area contributed by atoms with Gasteiger partial charge < -0.3 is 5.32 Å². The van der Waals surface area contributed by atoms with Crippen molar-refractivity contribution in [2.24, 2.45) is 0 Å². The molecule has 0 spiro atoms. The lowest BCUT2D eigenvalue weighted by Crippen LogP contribution is -2.31. The molecule has 2 N–H and O–H groups in total. The molecule has 3 nitrogen and oxygen atoms in total. The molecule has 3 rings (SSSR count). The summed E-state index contributed by atoms with van der Waals surface area (Å²) in [5.74, 6) is -0.0320. The molecule has 2 aromatic carbocycles. The summed E-state index contributed by atoms with van der Waals surface area (Å²) in [6.45, 7) is 6.49. The molecule has 0 unspecified atom stereocenters. The topological polar surface area (TPSA) is 41.1 Å². The van der Waals surface area contributed by atoms with E-state index in [0.29, 0.717) is 0 Å². The first-order valence-corrected chi connectivity index (χ1v) is 10.2. The number of aryl methyl sites for hydroxylation is 2. The van der Waals surface area contributed by atoms with Crippen LogP contribution in [-0.2, 0) is 11.2 Å². The smallest absolute Gasteiger partial charge is 0.238 e. The highest BCUT2D eigenvalue weighted by molar-refractivity contribution is 7.10. The van der Waals surface area contributed by atoms with E-state index in [1.54, 1.807) is 11.3 Å². The first kappa shape index (κ1) is 19.3. The predicted molar refractivity (Wildman–Crippen MR) is 115 cm³/mol. The summed E-state index contributed by atoms with van der Waals surface area (Å²) in [4.78, 5) is 13.7. The molecule has 4 heteroatoms. The molecule has 0 aliphatic carbocycles. The minimum Gasteiger partial charge on any atom is -0.325 e. The van der Waals surface area contributed by atoms with Gasteiger partial charge in [0.2, 0.25) is 5.91 Å². The van der Waals surface area contributed by atoms with Crippen molar-refractivity contribution in [3.63, 3.8) is 0 Å². The third-order valence-electron chi connectivity index (χ3n) is 4.89. The molecule has 0 fully saturated rings. The minimum absolute atomic E-state index is 0.0141. The number of hydrogen-bond acceptors (Lipinski definition) is 3. The van der Waals surface area contributed by atoms with E-state index in [1.807, 2.05) is 25.1 Å². The van der Waals surface area contributed by atoms with Crippen LogP contribution >= 0.6 is 11.3 Å². The molecular formula is C23H26N2OS. The van der Waals surface area contributed by atoms with E-state index in [4.69, 9.17) is 0 Å². The van der Waals surface area contributed by atoms with E-state index in [1.165, 1.54) is 21.6 Å². The largest absolute Gasteiger partial charge is 0.325 e. The second-order valence-corrected chi connectivity index (χ2v) is 7.70. The van der Waals surface area contributed by atoms with Crippen molar-refractivity contribution in [3.8, 4) is 0 Å². The molecule has 0 bridgehead atoms. The minimum atomic E-state index is -0.0320. The number of anilines is 1. The Bertz CT molecular complexity index is 885. The van der Waals surface area contributed by atoms with E-state index in [0.717, 1.165) is 17.7 Å². The van der Waals surface area contributed by atoms with Gasteiger partial charge in [0.25, 0.3) is 0 Å². The van der Waals surface area contributed by atoms with Gasteiger partial charge in [-0.3, -0.25) is 10.1 Å². The second kappa shape index (κ2) is 8.98. The van der Waals surface area contributed by atoms with Gasteiger partial charge in [0.15, 0.2) is 0 Å². The van der Waals surface area contributed by atoms with Crippen LogP contribution in [0.3, 0.4) is 0 Å². The maximum Gasteiger partial charge on any atom is 0.238 e. The molecular weight excluding hydrogens is 352 g/mol. The standard InChI is InChI=1S/C23H26N2OS/c1-4-18-10-12-19(13-11-18)23(21-9-6-14-27-21)24-15-22(26)25-20-8-5-7-16(2)17(20)3/h5-14,23-24H,4,15H2,1-3H3,(H,25,26)/t23-/m0/s1. The molecule has 1 atom stereocenters. The highest BCUT2D eigenvalue weighted by Crippen LogP contribution is 2.26. The zero-order valence-electron chi connectivity index (χ0n) is 16.1. The normalized spacial score (nSPS) is 12.0. The number of amides is 1. The molecule has 0 radical (unpaired) electrons. The van der Waals surface area contributed by atoms with Crippen LogP contribution in [0.5, 0.6) is 0 Å². The van der Waals surface area contributed by atoms with Crippen LogP contribution < -0.4 is 10.6 Å². The summed E-state index contributed by atoms with van der Waals surface area (Å²) in [6.07, 6.45) is 1.02. The Morgan fingerprint density at radius 3 is 2.48 bits per heavy atom. The number of thiophene rings is 1. The lowest BCUT2D eigenvalue weighted by molar-refractivity contribution is -0.115. The van der Waals surface area contributed by atoms with Gasteiger partial charge >= 0.3 is 0 Å². The zero-order valence-corrected chi connectivity index (χ0v) is 16.9. The number of rotatable bonds is 7. The Hall–Kier alpha value is -2.43. The maximum atomic E-state index is 12.5. The molecule has 0 saturated carbocycles. The summed E-state index contributed by atoms with van der Waals surface area (Å²) in [7, 11) is 0. The van der Waals surface area contributed by atoms with Crippen molar-refractivity contribution < 1.29 is 4.79 Å². The van der Waals surface area contributed by atoms with E-state index in [9.17, 15) is 4.79 Å². The SMILES string of the molecule is CCc1ccc([C@H](NCC(=O)Nc2cccc(C)c2C)c2cccs2)cc1. The molecule has 140 valence electrons. The Labute approximate surface area is 165 Å². The molecule has 1 heterocycles. The van der Waals surface area contributed by atoms with Gasteiger partial charge in [-0.05, 0) is 60.0 Å². The van der Waals surface area contributed by atoms with Crippen molar-refractivity contribution >= 4 is 22.9 Å². The van der Waals surface area contributed by atoms with Gasteiger partial charge in [-0.1, -0.05) is 49.4 Å². The average Bonchev–Trinajstić information content (AvgIpc) is 3.20. The van der Waals surface area contributed by atoms with Gasteiger partial charge in [0, 0.05) is 10.6 Å². The van der Waals surface area contributed by atoms with E-state index >= 15 is 0 Å². The van der Waals surface area contributed by atoms with Gasteiger partial charge in [0.1, 0.15) is 0 Å². The first-order chi connectivity index (χ1) is 13.1. The lowest BCUT2D eigenvalue weighted by Gasteiger charge is -2.19. The summed E-state index contributed by atoms with van der Waals surface area (Å²) in [5, 5.41) is 8.52. The van der Waals surface area contributed by atoms with Crippen LogP contribution in [-0.4, -0.2) is 12.5 Å². The van der Waals surface area contributed by atoms with E-state index in [-0.39, 0.29) is 18.5 Å². The molecule has 1 aromatic heterocycles. The Morgan fingerprint density at radius 2 is 1.81 bits per heavy atom.